The summed E-state index contributed by atoms with van der Waals surface area (Å²) in [6.07, 6.45) is 1.59. The van der Waals surface area contributed by atoms with E-state index in [0.29, 0.717) is 12.8 Å². The SMILES string of the molecule is CC1CC(C(=O)NCCC(=O)O)CC(C)O1. The Morgan fingerprint density at radius 1 is 1.31 bits per heavy atom. The smallest absolute Gasteiger partial charge is 0.305 e. The Morgan fingerprint density at radius 3 is 2.38 bits per heavy atom. The van der Waals surface area contributed by atoms with E-state index in [2.05, 4.69) is 5.32 Å². The Hall–Kier alpha value is -1.10. The summed E-state index contributed by atoms with van der Waals surface area (Å²) in [5, 5.41) is 11.1. The highest BCUT2D eigenvalue weighted by Crippen LogP contribution is 2.24. The van der Waals surface area contributed by atoms with Crippen LogP contribution in [-0.2, 0) is 14.3 Å². The van der Waals surface area contributed by atoms with Crippen molar-refractivity contribution in [2.75, 3.05) is 6.54 Å². The molecule has 0 saturated carbocycles. The molecule has 0 aromatic heterocycles. The molecule has 0 aromatic rings. The topological polar surface area (TPSA) is 75.6 Å². The van der Waals surface area contributed by atoms with Gasteiger partial charge < -0.3 is 15.2 Å². The van der Waals surface area contributed by atoms with E-state index >= 15 is 0 Å². The van der Waals surface area contributed by atoms with Gasteiger partial charge in [0, 0.05) is 12.5 Å². The van der Waals surface area contributed by atoms with E-state index in [4.69, 9.17) is 9.84 Å². The van der Waals surface area contributed by atoms with Crippen molar-refractivity contribution >= 4 is 11.9 Å². The second kappa shape index (κ2) is 5.84. The van der Waals surface area contributed by atoms with Crippen molar-refractivity contribution in [3.63, 3.8) is 0 Å². The van der Waals surface area contributed by atoms with Crippen LogP contribution < -0.4 is 5.32 Å². The fourth-order valence-corrected chi connectivity index (χ4v) is 2.06. The third kappa shape index (κ3) is 4.18. The summed E-state index contributed by atoms with van der Waals surface area (Å²) in [4.78, 5) is 22.0. The van der Waals surface area contributed by atoms with Crippen LogP contribution in [0.15, 0.2) is 0 Å². The van der Waals surface area contributed by atoms with Crippen molar-refractivity contribution in [1.82, 2.24) is 5.32 Å². The van der Waals surface area contributed by atoms with Crippen molar-refractivity contribution < 1.29 is 19.4 Å². The van der Waals surface area contributed by atoms with Crippen molar-refractivity contribution in [3.8, 4) is 0 Å². The lowest BCUT2D eigenvalue weighted by Crippen LogP contribution is -2.39. The molecule has 92 valence electrons. The molecule has 0 aromatic carbocycles. The highest BCUT2D eigenvalue weighted by molar-refractivity contribution is 5.79. The zero-order valence-corrected chi connectivity index (χ0v) is 9.73. The van der Waals surface area contributed by atoms with Crippen LogP contribution in [0.2, 0.25) is 0 Å². The number of rotatable bonds is 4. The molecule has 1 saturated heterocycles. The number of carbonyl (C=O) groups excluding carboxylic acids is 1. The molecule has 2 atom stereocenters. The number of carboxylic acids is 1. The molecule has 0 spiro atoms. The van der Waals surface area contributed by atoms with Gasteiger partial charge in [-0.25, -0.2) is 0 Å². The molecule has 0 bridgehead atoms. The van der Waals surface area contributed by atoms with Gasteiger partial charge in [-0.05, 0) is 26.7 Å². The summed E-state index contributed by atoms with van der Waals surface area (Å²) in [7, 11) is 0. The van der Waals surface area contributed by atoms with E-state index in [1.807, 2.05) is 13.8 Å². The lowest BCUT2D eigenvalue weighted by Gasteiger charge is -2.31. The Balaban J connectivity index is 2.32. The van der Waals surface area contributed by atoms with Crippen LogP contribution in [0.4, 0.5) is 0 Å². The Morgan fingerprint density at radius 2 is 1.88 bits per heavy atom. The van der Waals surface area contributed by atoms with Gasteiger partial charge in [0.15, 0.2) is 0 Å². The summed E-state index contributed by atoms with van der Waals surface area (Å²) in [5.41, 5.74) is 0. The fourth-order valence-electron chi connectivity index (χ4n) is 2.06. The van der Waals surface area contributed by atoms with Gasteiger partial charge in [-0.1, -0.05) is 0 Å². The Labute approximate surface area is 95.2 Å². The number of carboxylic acid groups (broad SMARTS) is 1. The average molecular weight is 229 g/mol. The quantitative estimate of drug-likeness (QED) is 0.747. The van der Waals surface area contributed by atoms with Gasteiger partial charge in [0.05, 0.1) is 18.6 Å². The first kappa shape index (κ1) is 13.0. The van der Waals surface area contributed by atoms with Gasteiger partial charge in [-0.3, -0.25) is 9.59 Å². The van der Waals surface area contributed by atoms with Crippen LogP contribution in [0.25, 0.3) is 0 Å². The molecule has 5 nitrogen and oxygen atoms in total. The molecule has 1 heterocycles. The van der Waals surface area contributed by atoms with Gasteiger partial charge in [0.25, 0.3) is 0 Å². The zero-order chi connectivity index (χ0) is 12.1. The van der Waals surface area contributed by atoms with E-state index in [9.17, 15) is 9.59 Å². The van der Waals surface area contributed by atoms with Gasteiger partial charge in [-0.2, -0.15) is 0 Å². The first-order valence-electron chi connectivity index (χ1n) is 5.64. The predicted octanol–water partition coefficient (Wildman–Crippen LogP) is 0.781. The third-order valence-electron chi connectivity index (χ3n) is 2.71. The largest absolute Gasteiger partial charge is 0.481 e. The van der Waals surface area contributed by atoms with Crippen LogP contribution in [0, 0.1) is 5.92 Å². The van der Waals surface area contributed by atoms with Crippen molar-refractivity contribution in [3.05, 3.63) is 0 Å². The zero-order valence-electron chi connectivity index (χ0n) is 9.73. The molecule has 2 unspecified atom stereocenters. The monoisotopic (exact) mass is 229 g/mol. The van der Waals surface area contributed by atoms with Crippen LogP contribution in [0.5, 0.6) is 0 Å². The average Bonchev–Trinajstić information content (AvgIpc) is 2.15. The number of amides is 1. The first-order valence-corrected chi connectivity index (χ1v) is 5.64. The molecular weight excluding hydrogens is 210 g/mol. The van der Waals surface area contributed by atoms with E-state index in [1.165, 1.54) is 0 Å². The fraction of sp³-hybridized carbons (Fsp3) is 0.818. The van der Waals surface area contributed by atoms with E-state index in [1.54, 1.807) is 0 Å². The Kier molecular flexibility index (Phi) is 4.73. The van der Waals surface area contributed by atoms with Gasteiger partial charge >= 0.3 is 5.97 Å². The second-order valence-corrected chi connectivity index (χ2v) is 4.36. The maximum atomic E-state index is 11.7. The van der Waals surface area contributed by atoms with Crippen molar-refractivity contribution in [2.45, 2.75) is 45.3 Å². The normalized spacial score (nSPS) is 29.8. The van der Waals surface area contributed by atoms with Gasteiger partial charge in [-0.15, -0.1) is 0 Å². The second-order valence-electron chi connectivity index (χ2n) is 4.36. The lowest BCUT2D eigenvalue weighted by atomic mass is 9.92. The highest BCUT2D eigenvalue weighted by atomic mass is 16.5. The number of nitrogens with one attached hydrogen (secondary N) is 1. The molecular formula is C11H19NO4. The molecule has 1 aliphatic rings. The predicted molar refractivity (Wildman–Crippen MR) is 58.0 cm³/mol. The van der Waals surface area contributed by atoms with Crippen LogP contribution in [-0.4, -0.2) is 35.7 Å². The summed E-state index contributed by atoms with van der Waals surface area (Å²) < 4.78 is 5.54. The first-order chi connectivity index (χ1) is 7.49. The Bertz CT molecular complexity index is 257. The van der Waals surface area contributed by atoms with E-state index < -0.39 is 5.97 Å². The number of carbonyl (C=O) groups is 2. The van der Waals surface area contributed by atoms with Crippen LogP contribution in [0.1, 0.15) is 33.1 Å². The molecule has 1 aliphatic heterocycles. The number of hydrogen-bond donors (Lipinski definition) is 2. The number of ether oxygens (including phenoxy) is 1. The molecule has 0 aliphatic carbocycles. The van der Waals surface area contributed by atoms with Crippen LogP contribution >= 0.6 is 0 Å². The summed E-state index contributed by atoms with van der Waals surface area (Å²) in [5.74, 6) is -0.996. The minimum Gasteiger partial charge on any atom is -0.481 e. The summed E-state index contributed by atoms with van der Waals surface area (Å²) >= 11 is 0. The molecule has 2 N–H and O–H groups in total. The molecule has 5 heteroatoms. The van der Waals surface area contributed by atoms with E-state index in [-0.39, 0.29) is 37.0 Å². The molecule has 1 amide bonds. The molecule has 1 fully saturated rings. The van der Waals surface area contributed by atoms with Crippen LogP contribution in [0.3, 0.4) is 0 Å². The van der Waals surface area contributed by atoms with Gasteiger partial charge in [0.1, 0.15) is 0 Å². The minimum atomic E-state index is -0.894. The molecule has 16 heavy (non-hydrogen) atoms. The van der Waals surface area contributed by atoms with Crippen molar-refractivity contribution in [2.24, 2.45) is 5.92 Å². The maximum Gasteiger partial charge on any atom is 0.305 e. The molecule has 0 radical (unpaired) electrons. The van der Waals surface area contributed by atoms with Crippen molar-refractivity contribution in [1.29, 1.82) is 0 Å². The molecule has 1 rings (SSSR count). The standard InChI is InChI=1S/C11H19NO4/c1-7-5-9(6-8(2)16-7)11(15)12-4-3-10(13)14/h7-9H,3-6H2,1-2H3,(H,12,15)(H,13,14). The van der Waals surface area contributed by atoms with E-state index in [0.717, 1.165) is 0 Å². The lowest BCUT2D eigenvalue weighted by molar-refractivity contribution is -0.137. The third-order valence-corrected chi connectivity index (χ3v) is 2.71. The number of hydrogen-bond acceptors (Lipinski definition) is 3. The minimum absolute atomic E-state index is 0.0277. The maximum absolute atomic E-state index is 11.7. The summed E-state index contributed by atoms with van der Waals surface area (Å²) in [6.45, 7) is 4.11. The highest BCUT2D eigenvalue weighted by Gasteiger charge is 2.29. The van der Waals surface area contributed by atoms with Gasteiger partial charge in [0.2, 0.25) is 5.91 Å². The summed E-state index contributed by atoms with van der Waals surface area (Å²) in [6, 6.07) is 0. The number of aliphatic carboxylic acids is 1.